The van der Waals surface area contributed by atoms with Crippen LogP contribution in [0.15, 0.2) is 76.2 Å². The molecule has 0 bridgehead atoms. The first-order chi connectivity index (χ1) is 15.9. The highest BCUT2D eigenvalue weighted by atomic mass is 32.2. The van der Waals surface area contributed by atoms with E-state index in [0.29, 0.717) is 17.8 Å². The molecule has 1 atom stereocenters. The van der Waals surface area contributed by atoms with Crippen LogP contribution in [0.1, 0.15) is 47.0 Å². The van der Waals surface area contributed by atoms with Gasteiger partial charge >= 0.3 is 0 Å². The van der Waals surface area contributed by atoms with Crippen LogP contribution in [0.4, 0.5) is 5.69 Å². The number of carbonyl (C=O) groups is 1. The topological polar surface area (TPSA) is 91.6 Å². The van der Waals surface area contributed by atoms with Crippen molar-refractivity contribution in [3.8, 4) is 0 Å². The molecule has 2 heterocycles. The number of rotatable bonds is 8. The third-order valence-corrected chi connectivity index (χ3v) is 7.36. The number of piperidine rings is 1. The number of amides is 1. The number of sulfonamides is 1. The largest absolute Gasteiger partial charge is 0.468 e. The third kappa shape index (κ3) is 5.64. The van der Waals surface area contributed by atoms with Gasteiger partial charge in [0.2, 0.25) is 0 Å². The van der Waals surface area contributed by atoms with Crippen LogP contribution in [0.3, 0.4) is 0 Å². The highest BCUT2D eigenvalue weighted by molar-refractivity contribution is 7.92. The molecule has 2 N–H and O–H groups in total. The molecular weight excluding hydrogens is 438 g/mol. The minimum absolute atomic E-state index is 0.0257. The predicted octanol–water partition coefficient (Wildman–Crippen LogP) is 4.35. The van der Waals surface area contributed by atoms with Gasteiger partial charge in [-0.25, -0.2) is 8.42 Å². The van der Waals surface area contributed by atoms with Gasteiger partial charge in [-0.15, -0.1) is 0 Å². The van der Waals surface area contributed by atoms with E-state index in [4.69, 9.17) is 4.42 Å². The van der Waals surface area contributed by atoms with E-state index in [1.807, 2.05) is 31.2 Å². The number of hydrogen-bond acceptors (Lipinski definition) is 5. The minimum Gasteiger partial charge on any atom is -0.468 e. The van der Waals surface area contributed by atoms with E-state index in [1.54, 1.807) is 18.4 Å². The van der Waals surface area contributed by atoms with Crippen molar-refractivity contribution >= 4 is 21.6 Å². The lowest BCUT2D eigenvalue weighted by atomic mass is 10.1. The summed E-state index contributed by atoms with van der Waals surface area (Å²) in [6.45, 7) is 4.20. The summed E-state index contributed by atoms with van der Waals surface area (Å²) < 4.78 is 33.7. The Morgan fingerprint density at radius 3 is 2.39 bits per heavy atom. The molecular formula is C25H29N3O4S. The number of para-hydroxylation sites is 1. The molecule has 33 heavy (non-hydrogen) atoms. The SMILES string of the molecule is Cc1ccccc1NS(=O)(=O)c1ccc(C(=O)NC[C@@H](c2ccco2)N2CCCCC2)cc1. The second kappa shape index (κ2) is 10.2. The van der Waals surface area contributed by atoms with Crippen molar-refractivity contribution < 1.29 is 17.6 Å². The second-order valence-corrected chi connectivity index (χ2v) is 9.97. The quantitative estimate of drug-likeness (QED) is 0.514. The van der Waals surface area contributed by atoms with Crippen molar-refractivity contribution in [2.24, 2.45) is 0 Å². The number of nitrogens with zero attached hydrogens (tertiary/aromatic N) is 1. The Hall–Kier alpha value is -3.10. The summed E-state index contributed by atoms with van der Waals surface area (Å²) in [6, 6.07) is 16.9. The Labute approximate surface area is 194 Å². The van der Waals surface area contributed by atoms with Crippen LogP contribution in [0.2, 0.25) is 0 Å². The van der Waals surface area contributed by atoms with Gasteiger partial charge in [-0.05, 0) is 80.9 Å². The Bertz CT molecular complexity index is 1170. The molecule has 0 aliphatic carbocycles. The van der Waals surface area contributed by atoms with Gasteiger partial charge in [0, 0.05) is 12.1 Å². The lowest BCUT2D eigenvalue weighted by Crippen LogP contribution is -2.40. The molecule has 1 aromatic heterocycles. The van der Waals surface area contributed by atoms with Crippen LogP contribution >= 0.6 is 0 Å². The van der Waals surface area contributed by atoms with Gasteiger partial charge in [-0.1, -0.05) is 24.6 Å². The summed E-state index contributed by atoms with van der Waals surface area (Å²) in [5.41, 5.74) is 1.76. The molecule has 7 nitrogen and oxygen atoms in total. The summed E-state index contributed by atoms with van der Waals surface area (Å²) in [6.07, 6.45) is 5.15. The average Bonchev–Trinajstić information content (AvgIpc) is 3.36. The van der Waals surface area contributed by atoms with Crippen LogP contribution in [-0.2, 0) is 10.0 Å². The number of nitrogens with one attached hydrogen (secondary N) is 2. The van der Waals surface area contributed by atoms with Crippen molar-refractivity contribution in [3.63, 3.8) is 0 Å². The highest BCUT2D eigenvalue weighted by Crippen LogP contribution is 2.25. The maximum absolute atomic E-state index is 12.8. The van der Waals surface area contributed by atoms with E-state index in [0.717, 1.165) is 37.3 Å². The van der Waals surface area contributed by atoms with Crippen molar-refractivity contribution in [1.29, 1.82) is 0 Å². The number of furan rings is 1. The molecule has 1 amide bonds. The second-order valence-electron chi connectivity index (χ2n) is 8.28. The summed E-state index contributed by atoms with van der Waals surface area (Å²) in [5.74, 6) is 0.584. The monoisotopic (exact) mass is 467 g/mol. The normalized spacial score (nSPS) is 15.7. The number of aryl methyl sites for hydroxylation is 1. The molecule has 2 aromatic carbocycles. The van der Waals surface area contributed by atoms with Gasteiger partial charge in [-0.2, -0.15) is 0 Å². The number of anilines is 1. The van der Waals surface area contributed by atoms with E-state index >= 15 is 0 Å². The zero-order valence-electron chi connectivity index (χ0n) is 18.7. The van der Waals surface area contributed by atoms with E-state index in [9.17, 15) is 13.2 Å². The van der Waals surface area contributed by atoms with Crippen LogP contribution in [0.5, 0.6) is 0 Å². The van der Waals surface area contributed by atoms with Crippen LogP contribution in [-0.4, -0.2) is 38.9 Å². The molecule has 4 rings (SSSR count). The molecule has 8 heteroatoms. The number of hydrogen-bond donors (Lipinski definition) is 2. The first-order valence-electron chi connectivity index (χ1n) is 11.2. The first-order valence-corrected chi connectivity index (χ1v) is 12.7. The molecule has 0 radical (unpaired) electrons. The van der Waals surface area contributed by atoms with E-state index in [2.05, 4.69) is 14.9 Å². The predicted molar refractivity (Wildman–Crippen MR) is 128 cm³/mol. The van der Waals surface area contributed by atoms with E-state index in [-0.39, 0.29) is 16.8 Å². The smallest absolute Gasteiger partial charge is 0.261 e. The Morgan fingerprint density at radius 1 is 1.00 bits per heavy atom. The van der Waals surface area contributed by atoms with E-state index < -0.39 is 10.0 Å². The molecule has 1 saturated heterocycles. The fourth-order valence-corrected chi connectivity index (χ4v) is 5.22. The third-order valence-electron chi connectivity index (χ3n) is 5.98. The zero-order valence-corrected chi connectivity index (χ0v) is 19.5. The van der Waals surface area contributed by atoms with Crippen molar-refractivity contribution in [2.45, 2.75) is 37.1 Å². The van der Waals surface area contributed by atoms with Gasteiger partial charge in [0.25, 0.3) is 15.9 Å². The van der Waals surface area contributed by atoms with E-state index in [1.165, 1.54) is 30.7 Å². The Balaban J connectivity index is 1.42. The van der Waals surface area contributed by atoms with Crippen LogP contribution in [0, 0.1) is 6.92 Å². The van der Waals surface area contributed by atoms with Gasteiger partial charge < -0.3 is 9.73 Å². The fraction of sp³-hybridized carbons (Fsp3) is 0.320. The summed E-state index contributed by atoms with van der Waals surface area (Å²) in [5, 5.41) is 2.98. The first kappa shape index (κ1) is 23.1. The maximum Gasteiger partial charge on any atom is 0.261 e. The van der Waals surface area contributed by atoms with Crippen LogP contribution in [0.25, 0.3) is 0 Å². The van der Waals surface area contributed by atoms with Gasteiger partial charge in [0.15, 0.2) is 0 Å². The van der Waals surface area contributed by atoms with Crippen molar-refractivity contribution in [3.05, 3.63) is 83.8 Å². The molecule has 3 aromatic rings. The van der Waals surface area contributed by atoms with Crippen molar-refractivity contribution in [2.75, 3.05) is 24.4 Å². The van der Waals surface area contributed by atoms with Gasteiger partial charge in [-0.3, -0.25) is 14.4 Å². The summed E-state index contributed by atoms with van der Waals surface area (Å²) in [4.78, 5) is 15.2. The number of benzene rings is 2. The molecule has 0 unspecified atom stereocenters. The molecule has 174 valence electrons. The molecule has 1 fully saturated rings. The van der Waals surface area contributed by atoms with Crippen LogP contribution < -0.4 is 10.0 Å². The standard InChI is InChI=1S/C25H29N3O4S/c1-19-8-3-4-9-22(19)27-33(30,31)21-13-11-20(12-14-21)25(29)26-18-23(24-10-7-17-32-24)28-15-5-2-6-16-28/h3-4,7-14,17,23,27H,2,5-6,15-16,18H2,1H3,(H,26,29)/t23-/m0/s1. The minimum atomic E-state index is -3.75. The number of likely N-dealkylation sites (tertiary alicyclic amines) is 1. The summed E-state index contributed by atoms with van der Waals surface area (Å²) in [7, 11) is -3.75. The Morgan fingerprint density at radius 2 is 1.73 bits per heavy atom. The molecule has 1 aliphatic rings. The molecule has 0 saturated carbocycles. The Kier molecular flexibility index (Phi) is 7.15. The molecule has 0 spiro atoms. The maximum atomic E-state index is 12.8. The lowest BCUT2D eigenvalue weighted by molar-refractivity contribution is 0.0914. The fourth-order valence-electron chi connectivity index (χ4n) is 4.09. The average molecular weight is 468 g/mol. The highest BCUT2D eigenvalue weighted by Gasteiger charge is 2.25. The number of carbonyl (C=O) groups excluding carboxylic acids is 1. The zero-order chi connectivity index (χ0) is 23.3. The molecule has 1 aliphatic heterocycles. The van der Waals surface area contributed by atoms with Crippen molar-refractivity contribution in [1.82, 2.24) is 10.2 Å². The lowest BCUT2D eigenvalue weighted by Gasteiger charge is -2.33. The summed E-state index contributed by atoms with van der Waals surface area (Å²) >= 11 is 0. The van der Waals surface area contributed by atoms with Gasteiger partial charge in [0.05, 0.1) is 22.9 Å². The van der Waals surface area contributed by atoms with Gasteiger partial charge in [0.1, 0.15) is 5.76 Å².